The molecule has 2 N–H and O–H groups in total. The number of fused-ring (bicyclic) bond motifs is 3. The van der Waals surface area contributed by atoms with E-state index in [1.807, 2.05) is 25.2 Å². The number of hydrogen-bond acceptors (Lipinski definition) is 5. The van der Waals surface area contributed by atoms with Gasteiger partial charge in [-0.15, -0.1) is 0 Å². The largest absolute Gasteiger partial charge is 0.383 e. The summed E-state index contributed by atoms with van der Waals surface area (Å²) in [5.74, 6) is -0.234. The Bertz CT molecular complexity index is 1330. The maximum Gasteiger partial charge on any atom is 0.272 e. The zero-order valence-electron chi connectivity index (χ0n) is 17.3. The van der Waals surface area contributed by atoms with Crippen LogP contribution in [-0.4, -0.2) is 43.6 Å². The monoisotopic (exact) mass is 436 g/mol. The van der Waals surface area contributed by atoms with Gasteiger partial charge in [-0.05, 0) is 29.8 Å². The van der Waals surface area contributed by atoms with Gasteiger partial charge in [0, 0.05) is 37.0 Å². The third-order valence-corrected chi connectivity index (χ3v) is 5.65. The molecule has 0 aliphatic rings. The molecule has 0 aliphatic carbocycles. The van der Waals surface area contributed by atoms with Crippen LogP contribution in [0.2, 0.25) is 5.02 Å². The molecule has 0 spiro atoms. The fraction of sp³-hybridized carbons (Fsp3) is 0.182. The van der Waals surface area contributed by atoms with Crippen LogP contribution in [0.5, 0.6) is 0 Å². The standard InChI is InChI=1S/C22H21ClN6O2/c1-13(30)28(3)29(12-15-6-4-5-7-18(15)23)22(31)14-8-9-19-16(10-14)20-17(21(24)26-19)11-25-27(20)2/h4-11H,12H2,1-3H3,(H2,24,26). The Kier molecular flexibility index (Phi) is 5.24. The average Bonchev–Trinajstić information content (AvgIpc) is 3.14. The molecule has 9 heteroatoms. The predicted molar refractivity (Wildman–Crippen MR) is 120 cm³/mol. The number of nitrogens with zero attached hydrogens (tertiary/aromatic N) is 5. The summed E-state index contributed by atoms with van der Waals surface area (Å²) >= 11 is 6.30. The van der Waals surface area contributed by atoms with E-state index in [1.54, 1.807) is 42.2 Å². The number of aryl methyl sites for hydroxylation is 1. The highest BCUT2D eigenvalue weighted by molar-refractivity contribution is 6.31. The van der Waals surface area contributed by atoms with E-state index >= 15 is 0 Å². The number of carbonyl (C=O) groups is 2. The first-order chi connectivity index (χ1) is 14.8. The van der Waals surface area contributed by atoms with E-state index in [2.05, 4.69) is 10.1 Å². The van der Waals surface area contributed by atoms with Crippen molar-refractivity contribution in [3.63, 3.8) is 0 Å². The Labute approximate surface area is 183 Å². The van der Waals surface area contributed by atoms with Crippen molar-refractivity contribution in [1.29, 1.82) is 0 Å². The lowest BCUT2D eigenvalue weighted by Crippen LogP contribution is -2.46. The topological polar surface area (TPSA) is 97.3 Å². The van der Waals surface area contributed by atoms with Crippen LogP contribution in [0.1, 0.15) is 22.8 Å². The molecule has 0 saturated heterocycles. The minimum atomic E-state index is -0.341. The normalized spacial score (nSPS) is 11.1. The summed E-state index contributed by atoms with van der Waals surface area (Å²) in [6, 6.07) is 12.4. The second-order valence-electron chi connectivity index (χ2n) is 7.26. The van der Waals surface area contributed by atoms with Gasteiger partial charge in [-0.1, -0.05) is 29.8 Å². The van der Waals surface area contributed by atoms with Gasteiger partial charge in [0.05, 0.1) is 29.2 Å². The number of aromatic nitrogens is 3. The Morgan fingerprint density at radius 1 is 1.16 bits per heavy atom. The highest BCUT2D eigenvalue weighted by Crippen LogP contribution is 2.29. The van der Waals surface area contributed by atoms with Crippen molar-refractivity contribution in [3.05, 3.63) is 64.8 Å². The fourth-order valence-electron chi connectivity index (χ4n) is 3.51. The summed E-state index contributed by atoms with van der Waals surface area (Å²) in [5, 5.41) is 8.91. The molecule has 0 bridgehead atoms. The number of nitrogens with two attached hydrogens (primary N) is 1. The first-order valence-corrected chi connectivity index (χ1v) is 9.96. The third kappa shape index (κ3) is 3.66. The minimum absolute atomic E-state index is 0.147. The van der Waals surface area contributed by atoms with Gasteiger partial charge in [-0.2, -0.15) is 5.10 Å². The predicted octanol–water partition coefficient (Wildman–Crippen LogP) is 3.39. The maximum absolute atomic E-state index is 13.5. The lowest BCUT2D eigenvalue weighted by molar-refractivity contribution is -0.140. The number of hydrogen-bond donors (Lipinski definition) is 1. The van der Waals surface area contributed by atoms with E-state index in [0.717, 1.165) is 16.5 Å². The molecule has 0 unspecified atom stereocenters. The number of benzene rings is 2. The molecule has 31 heavy (non-hydrogen) atoms. The number of nitrogen functional groups attached to an aromatic ring is 1. The van der Waals surface area contributed by atoms with Crippen molar-refractivity contribution in [3.8, 4) is 0 Å². The zero-order chi connectivity index (χ0) is 22.3. The van der Waals surface area contributed by atoms with Gasteiger partial charge in [0.1, 0.15) is 5.82 Å². The molecule has 2 amide bonds. The van der Waals surface area contributed by atoms with Crippen molar-refractivity contribution in [2.75, 3.05) is 12.8 Å². The van der Waals surface area contributed by atoms with Gasteiger partial charge >= 0.3 is 0 Å². The van der Waals surface area contributed by atoms with Gasteiger partial charge in [0.2, 0.25) is 5.91 Å². The smallest absolute Gasteiger partial charge is 0.272 e. The summed E-state index contributed by atoms with van der Waals surface area (Å²) in [7, 11) is 3.36. The van der Waals surface area contributed by atoms with E-state index in [-0.39, 0.29) is 18.4 Å². The summed E-state index contributed by atoms with van der Waals surface area (Å²) < 4.78 is 1.70. The number of pyridine rings is 1. The Hall–Kier alpha value is -3.65. The van der Waals surface area contributed by atoms with Crippen LogP contribution in [0.4, 0.5) is 5.82 Å². The number of amides is 2. The lowest BCUT2D eigenvalue weighted by Gasteiger charge is -2.31. The van der Waals surface area contributed by atoms with Crippen molar-refractivity contribution in [2.45, 2.75) is 13.5 Å². The molecule has 2 heterocycles. The van der Waals surface area contributed by atoms with E-state index in [0.29, 0.717) is 27.3 Å². The minimum Gasteiger partial charge on any atom is -0.383 e. The van der Waals surface area contributed by atoms with E-state index in [9.17, 15) is 9.59 Å². The Balaban J connectivity index is 1.81. The van der Waals surface area contributed by atoms with Crippen LogP contribution in [0, 0.1) is 0 Å². The average molecular weight is 437 g/mol. The Morgan fingerprint density at radius 3 is 2.61 bits per heavy atom. The Morgan fingerprint density at radius 2 is 1.90 bits per heavy atom. The SMILES string of the molecule is CC(=O)N(C)N(Cc1ccccc1Cl)C(=O)c1ccc2nc(N)c3cnn(C)c3c2c1. The molecule has 4 aromatic rings. The van der Waals surface area contributed by atoms with Crippen LogP contribution in [-0.2, 0) is 18.4 Å². The summed E-state index contributed by atoms with van der Waals surface area (Å²) in [4.78, 5) is 30.0. The quantitative estimate of drug-likeness (QED) is 0.496. The summed E-state index contributed by atoms with van der Waals surface area (Å²) in [5.41, 5.74) is 8.64. The van der Waals surface area contributed by atoms with Gasteiger partial charge < -0.3 is 5.73 Å². The van der Waals surface area contributed by atoms with Crippen LogP contribution >= 0.6 is 11.6 Å². The molecule has 0 atom stereocenters. The molecule has 158 valence electrons. The molecule has 0 fully saturated rings. The molecular formula is C22H21ClN6O2. The number of anilines is 1. The van der Waals surface area contributed by atoms with Gasteiger partial charge in [-0.3, -0.25) is 19.3 Å². The lowest BCUT2D eigenvalue weighted by atomic mass is 10.1. The van der Waals surface area contributed by atoms with Crippen molar-refractivity contribution in [2.24, 2.45) is 7.05 Å². The van der Waals surface area contributed by atoms with E-state index < -0.39 is 0 Å². The van der Waals surface area contributed by atoms with Crippen LogP contribution < -0.4 is 5.73 Å². The molecule has 2 aromatic heterocycles. The van der Waals surface area contributed by atoms with Crippen LogP contribution in [0.3, 0.4) is 0 Å². The molecule has 0 saturated carbocycles. The zero-order valence-corrected chi connectivity index (χ0v) is 18.1. The molecule has 2 aromatic carbocycles. The molecule has 8 nitrogen and oxygen atoms in total. The first kappa shape index (κ1) is 20.6. The molecule has 4 rings (SSSR count). The van der Waals surface area contributed by atoms with Crippen molar-refractivity contribution in [1.82, 2.24) is 24.8 Å². The number of rotatable bonds is 3. The van der Waals surface area contributed by atoms with Crippen molar-refractivity contribution >= 4 is 51.0 Å². The summed E-state index contributed by atoms with van der Waals surface area (Å²) in [6.07, 6.45) is 1.65. The molecule has 0 aliphatic heterocycles. The van der Waals surface area contributed by atoms with Gasteiger partial charge in [0.25, 0.3) is 5.91 Å². The molecular weight excluding hydrogens is 416 g/mol. The van der Waals surface area contributed by atoms with Gasteiger partial charge in [0.15, 0.2) is 0 Å². The molecule has 0 radical (unpaired) electrons. The number of hydrazine groups is 1. The van der Waals surface area contributed by atoms with Gasteiger partial charge in [-0.25, -0.2) is 9.99 Å². The van der Waals surface area contributed by atoms with Crippen LogP contribution in [0.15, 0.2) is 48.7 Å². The second kappa shape index (κ2) is 7.88. The van der Waals surface area contributed by atoms with Crippen molar-refractivity contribution < 1.29 is 9.59 Å². The highest BCUT2D eigenvalue weighted by atomic mass is 35.5. The van der Waals surface area contributed by atoms with E-state index in [4.69, 9.17) is 17.3 Å². The van der Waals surface area contributed by atoms with E-state index in [1.165, 1.54) is 16.9 Å². The number of carbonyl (C=O) groups excluding carboxylic acids is 2. The fourth-order valence-corrected chi connectivity index (χ4v) is 3.71. The second-order valence-corrected chi connectivity index (χ2v) is 7.66. The van der Waals surface area contributed by atoms with Crippen LogP contribution in [0.25, 0.3) is 21.8 Å². The maximum atomic E-state index is 13.5. The third-order valence-electron chi connectivity index (χ3n) is 5.28. The number of halogens is 1. The highest BCUT2D eigenvalue weighted by Gasteiger charge is 2.24. The first-order valence-electron chi connectivity index (χ1n) is 9.58. The summed E-state index contributed by atoms with van der Waals surface area (Å²) in [6.45, 7) is 1.55.